The summed E-state index contributed by atoms with van der Waals surface area (Å²) in [6.07, 6.45) is 0. The number of rotatable bonds is 3. The molecule has 0 radical (unpaired) electrons. The molecule has 8 heteroatoms. The minimum atomic E-state index is -0.820. The van der Waals surface area contributed by atoms with Gasteiger partial charge >= 0.3 is 0 Å². The molecule has 0 bridgehead atoms. The Kier molecular flexibility index (Phi) is 4.60. The van der Waals surface area contributed by atoms with Crippen LogP contribution in [0.4, 0.5) is 5.69 Å². The van der Waals surface area contributed by atoms with E-state index in [0.29, 0.717) is 11.1 Å². The first kappa shape index (κ1) is 17.8. The first-order valence-corrected chi connectivity index (χ1v) is 8.35. The summed E-state index contributed by atoms with van der Waals surface area (Å²) < 4.78 is 0.803. The van der Waals surface area contributed by atoms with Crippen molar-refractivity contribution in [1.82, 2.24) is 4.90 Å². The SMILES string of the molecule is CN1C(=O)C(=O)/C(=C(/O)c2ccc(Br)cc2)[C@H]1c1ccc([N+](=O)[O-])cc1. The van der Waals surface area contributed by atoms with Crippen molar-refractivity contribution in [2.24, 2.45) is 0 Å². The summed E-state index contributed by atoms with van der Waals surface area (Å²) in [5.74, 6) is -1.83. The lowest BCUT2D eigenvalue weighted by Gasteiger charge is -2.20. The number of likely N-dealkylation sites (N-methyl/N-ethyl adjacent to an activating group) is 1. The van der Waals surface area contributed by atoms with E-state index in [1.165, 1.54) is 36.2 Å². The number of hydrogen-bond donors (Lipinski definition) is 1. The molecule has 132 valence electrons. The third-order valence-corrected chi connectivity index (χ3v) is 4.74. The van der Waals surface area contributed by atoms with Crippen LogP contribution in [0, 0.1) is 10.1 Å². The van der Waals surface area contributed by atoms with Gasteiger partial charge in [-0.3, -0.25) is 19.7 Å². The molecule has 7 nitrogen and oxygen atoms in total. The van der Waals surface area contributed by atoms with Gasteiger partial charge in [-0.1, -0.05) is 28.1 Å². The summed E-state index contributed by atoms with van der Waals surface area (Å²) in [6.45, 7) is 0. The topological polar surface area (TPSA) is 101 Å². The smallest absolute Gasteiger partial charge is 0.295 e. The molecule has 0 spiro atoms. The molecule has 0 aliphatic carbocycles. The van der Waals surface area contributed by atoms with Crippen molar-refractivity contribution in [3.05, 3.63) is 79.8 Å². The summed E-state index contributed by atoms with van der Waals surface area (Å²) in [6, 6.07) is 11.4. The zero-order valence-corrected chi connectivity index (χ0v) is 15.1. The van der Waals surface area contributed by atoms with E-state index in [-0.39, 0.29) is 17.0 Å². The monoisotopic (exact) mass is 416 g/mol. The number of halogens is 1. The number of nitro benzene ring substituents is 1. The van der Waals surface area contributed by atoms with Gasteiger partial charge in [-0.15, -0.1) is 0 Å². The molecule has 2 aromatic carbocycles. The predicted molar refractivity (Wildman–Crippen MR) is 97.3 cm³/mol. The van der Waals surface area contributed by atoms with Crippen molar-refractivity contribution in [2.45, 2.75) is 6.04 Å². The van der Waals surface area contributed by atoms with Gasteiger partial charge in [0.2, 0.25) is 0 Å². The highest BCUT2D eigenvalue weighted by atomic mass is 79.9. The van der Waals surface area contributed by atoms with Crippen LogP contribution in [-0.4, -0.2) is 33.7 Å². The van der Waals surface area contributed by atoms with E-state index in [4.69, 9.17) is 0 Å². The number of amides is 1. The molecule has 1 N–H and O–H groups in total. The van der Waals surface area contributed by atoms with Gasteiger partial charge in [-0.2, -0.15) is 0 Å². The first-order valence-electron chi connectivity index (χ1n) is 7.56. The fourth-order valence-electron chi connectivity index (χ4n) is 2.88. The lowest BCUT2D eigenvalue weighted by Crippen LogP contribution is -2.24. The lowest BCUT2D eigenvalue weighted by molar-refractivity contribution is -0.384. The van der Waals surface area contributed by atoms with Crippen LogP contribution in [0.3, 0.4) is 0 Å². The van der Waals surface area contributed by atoms with Gasteiger partial charge in [0.15, 0.2) is 0 Å². The molecular weight excluding hydrogens is 404 g/mol. The molecule has 1 saturated heterocycles. The first-order chi connectivity index (χ1) is 12.3. The minimum Gasteiger partial charge on any atom is -0.507 e. The average molecular weight is 417 g/mol. The summed E-state index contributed by atoms with van der Waals surface area (Å²) in [7, 11) is 1.45. The molecule has 2 aromatic rings. The highest BCUT2D eigenvalue weighted by Crippen LogP contribution is 2.38. The van der Waals surface area contributed by atoms with Gasteiger partial charge < -0.3 is 10.0 Å². The highest BCUT2D eigenvalue weighted by Gasteiger charge is 2.44. The molecule has 0 saturated carbocycles. The van der Waals surface area contributed by atoms with Crippen LogP contribution in [0.15, 0.2) is 58.6 Å². The highest BCUT2D eigenvalue weighted by molar-refractivity contribution is 9.10. The number of Topliss-reactive ketones (excluding diaryl/α,β-unsaturated/α-hetero) is 1. The number of carbonyl (C=O) groups excluding carboxylic acids is 2. The van der Waals surface area contributed by atoms with Crippen molar-refractivity contribution in [1.29, 1.82) is 0 Å². The normalized spacial score (nSPS) is 19.0. The van der Waals surface area contributed by atoms with Gasteiger partial charge in [-0.05, 0) is 29.8 Å². The van der Waals surface area contributed by atoms with Crippen LogP contribution in [-0.2, 0) is 9.59 Å². The second kappa shape index (κ2) is 6.72. The number of aliphatic hydroxyl groups excluding tert-OH is 1. The molecule has 1 amide bonds. The zero-order valence-electron chi connectivity index (χ0n) is 13.5. The van der Waals surface area contributed by atoms with E-state index in [1.54, 1.807) is 24.3 Å². The van der Waals surface area contributed by atoms with Crippen LogP contribution in [0.25, 0.3) is 5.76 Å². The van der Waals surface area contributed by atoms with Gasteiger partial charge in [0.05, 0.1) is 16.5 Å². The number of nitrogens with zero attached hydrogens (tertiary/aromatic N) is 2. The predicted octanol–water partition coefficient (Wildman–Crippen LogP) is 3.41. The number of hydrogen-bond acceptors (Lipinski definition) is 5. The van der Waals surface area contributed by atoms with E-state index in [9.17, 15) is 24.8 Å². The van der Waals surface area contributed by atoms with Crippen LogP contribution in [0.2, 0.25) is 0 Å². The van der Waals surface area contributed by atoms with Gasteiger partial charge in [0.25, 0.3) is 17.4 Å². The van der Waals surface area contributed by atoms with E-state index >= 15 is 0 Å². The van der Waals surface area contributed by atoms with Gasteiger partial charge in [0.1, 0.15) is 5.76 Å². The summed E-state index contributed by atoms with van der Waals surface area (Å²) in [4.78, 5) is 36.1. The molecule has 1 heterocycles. The Morgan fingerprint density at radius 2 is 1.69 bits per heavy atom. The third kappa shape index (κ3) is 2.99. The fourth-order valence-corrected chi connectivity index (χ4v) is 3.14. The molecule has 1 fully saturated rings. The number of nitro groups is 1. The average Bonchev–Trinajstić information content (AvgIpc) is 2.86. The number of benzene rings is 2. The third-order valence-electron chi connectivity index (χ3n) is 4.21. The molecule has 1 atom stereocenters. The molecule has 0 aromatic heterocycles. The quantitative estimate of drug-likeness (QED) is 0.271. The summed E-state index contributed by atoms with van der Waals surface area (Å²) in [5.41, 5.74) is 0.742. The molecule has 1 aliphatic heterocycles. The molecule has 3 rings (SSSR count). The Hall–Kier alpha value is -3.00. The fraction of sp³-hybridized carbons (Fsp3) is 0.111. The Labute approximate surface area is 156 Å². The number of aliphatic hydroxyl groups is 1. The standard InChI is InChI=1S/C18H13BrN2O5/c1-20-15(10-4-8-13(9-5-10)21(25)26)14(17(23)18(20)24)16(22)11-2-6-12(19)7-3-11/h2-9,15,22H,1H3/b16-14+/t15-/m1/s1. The van der Waals surface area contributed by atoms with Crippen molar-refractivity contribution in [3.8, 4) is 0 Å². The number of likely N-dealkylation sites (tertiary alicyclic amines) is 1. The summed E-state index contributed by atoms with van der Waals surface area (Å²) >= 11 is 3.29. The van der Waals surface area contributed by atoms with E-state index < -0.39 is 22.7 Å². The van der Waals surface area contributed by atoms with Crippen LogP contribution >= 0.6 is 15.9 Å². The molecule has 1 aliphatic rings. The lowest BCUT2D eigenvalue weighted by atomic mass is 9.95. The molecule has 0 unspecified atom stereocenters. The Balaban J connectivity index is 2.13. The Morgan fingerprint density at radius 3 is 2.23 bits per heavy atom. The largest absolute Gasteiger partial charge is 0.507 e. The second-order valence-corrected chi connectivity index (χ2v) is 6.68. The Bertz CT molecular complexity index is 935. The Morgan fingerprint density at radius 1 is 1.12 bits per heavy atom. The van der Waals surface area contributed by atoms with Crippen LogP contribution in [0.1, 0.15) is 17.2 Å². The maximum absolute atomic E-state index is 12.4. The number of carbonyl (C=O) groups is 2. The number of non-ortho nitro benzene ring substituents is 1. The van der Waals surface area contributed by atoms with Crippen molar-refractivity contribution < 1.29 is 19.6 Å². The molecule has 26 heavy (non-hydrogen) atoms. The maximum atomic E-state index is 12.4. The number of ketones is 1. The van der Waals surface area contributed by atoms with E-state index in [1.807, 2.05) is 0 Å². The minimum absolute atomic E-state index is 0.0475. The van der Waals surface area contributed by atoms with Crippen molar-refractivity contribution in [2.75, 3.05) is 7.05 Å². The summed E-state index contributed by atoms with van der Waals surface area (Å²) in [5, 5.41) is 21.5. The van der Waals surface area contributed by atoms with Crippen LogP contribution < -0.4 is 0 Å². The second-order valence-electron chi connectivity index (χ2n) is 5.77. The van der Waals surface area contributed by atoms with E-state index in [0.717, 1.165) is 4.47 Å². The van der Waals surface area contributed by atoms with Crippen molar-refractivity contribution >= 4 is 39.1 Å². The van der Waals surface area contributed by atoms with E-state index in [2.05, 4.69) is 15.9 Å². The van der Waals surface area contributed by atoms with Crippen LogP contribution in [0.5, 0.6) is 0 Å². The van der Waals surface area contributed by atoms with Crippen molar-refractivity contribution in [3.63, 3.8) is 0 Å². The zero-order chi connectivity index (χ0) is 19.0. The maximum Gasteiger partial charge on any atom is 0.295 e. The van der Waals surface area contributed by atoms with Gasteiger partial charge in [-0.25, -0.2) is 0 Å². The molecular formula is C18H13BrN2O5. The van der Waals surface area contributed by atoms with Gasteiger partial charge in [0, 0.05) is 29.2 Å².